The molecule has 0 saturated heterocycles. The molecule has 16 heavy (non-hydrogen) atoms. The van der Waals surface area contributed by atoms with Crippen LogP contribution in [0.3, 0.4) is 0 Å². The van der Waals surface area contributed by atoms with Crippen LogP contribution in [0.2, 0.25) is 4.94 Å². The molecule has 0 spiro atoms. The zero-order valence-electron chi connectivity index (χ0n) is 10.3. The monoisotopic (exact) mass is 331 g/mol. The first-order valence-corrected chi connectivity index (χ1v) is 12.4. The van der Waals surface area contributed by atoms with E-state index in [0.29, 0.717) is 19.8 Å². The molecule has 0 bridgehead atoms. The third kappa shape index (κ3) is 3.20. The standard InChI is InChI=1S/C7H8N.2C2H5O.CH3.Sn/c8-6-7-4-2-1-3-5-7;2*1-2-3;;/h1-4H,6,8H2;2*2H2,1H3;1H3;/q;2*-1;;+2. The van der Waals surface area contributed by atoms with Crippen molar-refractivity contribution in [2.45, 2.75) is 25.3 Å². The predicted molar refractivity (Wildman–Crippen MR) is 68.8 cm³/mol. The molecule has 0 saturated carbocycles. The maximum absolute atomic E-state index is 5.93. The van der Waals surface area contributed by atoms with Gasteiger partial charge >= 0.3 is 103 Å². The number of rotatable bonds is 6. The second-order valence-corrected chi connectivity index (χ2v) is 12.3. The van der Waals surface area contributed by atoms with Gasteiger partial charge in [0, 0.05) is 0 Å². The summed E-state index contributed by atoms with van der Waals surface area (Å²) in [6.45, 7) is 5.97. The zero-order chi connectivity index (χ0) is 12.0. The molecule has 0 aromatic heterocycles. The van der Waals surface area contributed by atoms with Crippen molar-refractivity contribution in [2.24, 2.45) is 5.73 Å². The van der Waals surface area contributed by atoms with Gasteiger partial charge < -0.3 is 0 Å². The quantitative estimate of drug-likeness (QED) is 0.804. The third-order valence-electron chi connectivity index (χ3n) is 2.57. The van der Waals surface area contributed by atoms with E-state index in [2.05, 4.69) is 17.1 Å². The van der Waals surface area contributed by atoms with Gasteiger partial charge in [0.2, 0.25) is 0 Å². The molecule has 90 valence electrons. The van der Waals surface area contributed by atoms with Gasteiger partial charge in [0.1, 0.15) is 0 Å². The molecule has 1 rings (SSSR count). The summed E-state index contributed by atoms with van der Waals surface area (Å²) < 4.78 is 13.1. The van der Waals surface area contributed by atoms with Gasteiger partial charge in [-0.15, -0.1) is 0 Å². The first kappa shape index (κ1) is 14.0. The van der Waals surface area contributed by atoms with Crippen LogP contribution in [0.15, 0.2) is 24.3 Å². The summed E-state index contributed by atoms with van der Waals surface area (Å²) in [5.74, 6) is 0. The first-order valence-electron chi connectivity index (χ1n) is 5.74. The normalized spacial score (nSPS) is 11.8. The minimum absolute atomic E-state index is 0.544. The van der Waals surface area contributed by atoms with E-state index in [4.69, 9.17) is 11.9 Å². The van der Waals surface area contributed by atoms with Gasteiger partial charge in [-0.1, -0.05) is 0 Å². The zero-order valence-corrected chi connectivity index (χ0v) is 13.2. The summed E-state index contributed by atoms with van der Waals surface area (Å²) in [4.78, 5) is 2.15. The van der Waals surface area contributed by atoms with Gasteiger partial charge in [-0.2, -0.15) is 0 Å². The number of benzene rings is 1. The van der Waals surface area contributed by atoms with Crippen molar-refractivity contribution >= 4 is 22.8 Å². The average molecular weight is 330 g/mol. The van der Waals surface area contributed by atoms with Crippen LogP contribution in [0.25, 0.3) is 0 Å². The molecule has 3 nitrogen and oxygen atoms in total. The Bertz CT molecular complexity index is 325. The summed E-state index contributed by atoms with van der Waals surface area (Å²) in [5, 5.41) is 0. The van der Waals surface area contributed by atoms with Gasteiger partial charge in [-0.3, -0.25) is 0 Å². The SMILES string of the molecule is CC[O][Sn]([CH3])([O]CC)[c]1ccccc1CN. The summed E-state index contributed by atoms with van der Waals surface area (Å²) in [7, 11) is 0. The molecule has 1 aromatic carbocycles. The summed E-state index contributed by atoms with van der Waals surface area (Å²) in [6, 6.07) is 8.20. The second kappa shape index (κ2) is 6.59. The molecule has 0 fully saturated rings. The van der Waals surface area contributed by atoms with Crippen molar-refractivity contribution in [3.63, 3.8) is 0 Å². The van der Waals surface area contributed by atoms with E-state index in [9.17, 15) is 0 Å². The van der Waals surface area contributed by atoms with Crippen LogP contribution in [0.5, 0.6) is 0 Å². The van der Waals surface area contributed by atoms with E-state index in [1.807, 2.05) is 26.0 Å². The van der Waals surface area contributed by atoms with Gasteiger partial charge in [0.05, 0.1) is 0 Å². The fourth-order valence-corrected chi connectivity index (χ4v) is 9.49. The summed E-state index contributed by atoms with van der Waals surface area (Å²) in [5.41, 5.74) is 6.92. The van der Waals surface area contributed by atoms with Crippen LogP contribution in [0.4, 0.5) is 0 Å². The van der Waals surface area contributed by atoms with E-state index < -0.39 is 19.2 Å². The Hall–Kier alpha value is -0.101. The Balaban J connectivity index is 3.09. The molecule has 1 aromatic rings. The van der Waals surface area contributed by atoms with E-state index in [0.717, 1.165) is 5.56 Å². The molecule has 0 aliphatic carbocycles. The molecule has 0 unspecified atom stereocenters. The van der Waals surface area contributed by atoms with Crippen LogP contribution in [-0.2, 0) is 12.7 Å². The Morgan fingerprint density at radius 2 is 1.69 bits per heavy atom. The molecule has 4 heteroatoms. The van der Waals surface area contributed by atoms with Gasteiger partial charge in [-0.05, 0) is 0 Å². The third-order valence-corrected chi connectivity index (χ3v) is 11.5. The molecular formula is C12H21NO2Sn. The van der Waals surface area contributed by atoms with Crippen molar-refractivity contribution in [3.8, 4) is 0 Å². The van der Waals surface area contributed by atoms with E-state index >= 15 is 0 Å². The summed E-state index contributed by atoms with van der Waals surface area (Å²) >= 11 is -3.08. The molecule has 0 aliphatic heterocycles. The number of hydrogen-bond acceptors (Lipinski definition) is 3. The molecule has 2 N–H and O–H groups in total. The van der Waals surface area contributed by atoms with Gasteiger partial charge in [0.25, 0.3) is 0 Å². The van der Waals surface area contributed by atoms with Crippen LogP contribution in [-0.4, -0.2) is 32.4 Å². The fourth-order valence-electron chi connectivity index (χ4n) is 1.89. The van der Waals surface area contributed by atoms with Crippen LogP contribution in [0, 0.1) is 0 Å². The molecule has 0 amide bonds. The molecule has 0 radical (unpaired) electrons. The Kier molecular flexibility index (Phi) is 5.75. The maximum atomic E-state index is 5.93. The van der Waals surface area contributed by atoms with E-state index in [1.54, 1.807) is 0 Å². The van der Waals surface area contributed by atoms with Crippen LogP contribution in [0.1, 0.15) is 19.4 Å². The molecule has 0 aliphatic rings. The first-order chi connectivity index (χ1) is 7.68. The summed E-state index contributed by atoms with van der Waals surface area (Å²) in [6.07, 6.45) is 0. The number of nitrogens with two attached hydrogens (primary N) is 1. The Labute approximate surface area is 103 Å². The van der Waals surface area contributed by atoms with Gasteiger partial charge in [0.15, 0.2) is 0 Å². The topological polar surface area (TPSA) is 44.5 Å². The van der Waals surface area contributed by atoms with Crippen molar-refractivity contribution in [1.82, 2.24) is 0 Å². The Morgan fingerprint density at radius 1 is 1.12 bits per heavy atom. The van der Waals surface area contributed by atoms with E-state index in [1.165, 1.54) is 3.58 Å². The van der Waals surface area contributed by atoms with Crippen LogP contribution < -0.4 is 9.31 Å². The molecule has 0 atom stereocenters. The van der Waals surface area contributed by atoms with Gasteiger partial charge in [-0.25, -0.2) is 0 Å². The van der Waals surface area contributed by atoms with Crippen molar-refractivity contribution in [3.05, 3.63) is 29.8 Å². The average Bonchev–Trinajstić information content (AvgIpc) is 2.29. The predicted octanol–water partition coefficient (Wildman–Crippen LogP) is 1.50. The van der Waals surface area contributed by atoms with Crippen molar-refractivity contribution in [2.75, 3.05) is 13.2 Å². The fraction of sp³-hybridized carbons (Fsp3) is 0.500. The molecular weight excluding hydrogens is 309 g/mol. The van der Waals surface area contributed by atoms with Crippen molar-refractivity contribution < 1.29 is 6.15 Å². The van der Waals surface area contributed by atoms with E-state index in [-0.39, 0.29) is 0 Å². The van der Waals surface area contributed by atoms with Crippen molar-refractivity contribution in [1.29, 1.82) is 0 Å². The minimum atomic E-state index is -3.08. The van der Waals surface area contributed by atoms with Crippen LogP contribution >= 0.6 is 0 Å². The number of hydrogen-bond donors (Lipinski definition) is 1. The Morgan fingerprint density at radius 3 is 2.19 bits per heavy atom. The molecule has 0 heterocycles. The second-order valence-electron chi connectivity index (χ2n) is 3.67.